The second kappa shape index (κ2) is 5.00. The van der Waals surface area contributed by atoms with Gasteiger partial charge in [0.1, 0.15) is 5.75 Å². The minimum Gasteiger partial charge on any atom is -0.497 e. The van der Waals surface area contributed by atoms with Crippen molar-refractivity contribution >= 4 is 6.21 Å². The topological polar surface area (TPSA) is 21.6 Å². The largest absolute Gasteiger partial charge is 0.497 e. The van der Waals surface area contributed by atoms with Crippen molar-refractivity contribution in [1.29, 1.82) is 0 Å². The molecule has 1 aromatic carbocycles. The number of ether oxygens (including phenoxy) is 1. The van der Waals surface area contributed by atoms with E-state index in [2.05, 4.69) is 10.9 Å². The van der Waals surface area contributed by atoms with Gasteiger partial charge in [0, 0.05) is 0 Å². The number of benzene rings is 1. The molecule has 2 heteroatoms. The molecule has 0 N–H and O–H groups in total. The van der Waals surface area contributed by atoms with Crippen LogP contribution < -0.4 is 4.74 Å². The first kappa shape index (κ1) is 9.34. The van der Waals surface area contributed by atoms with Crippen molar-refractivity contribution in [2.75, 3.05) is 7.11 Å². The molecule has 0 radical (unpaired) electrons. The van der Waals surface area contributed by atoms with Crippen molar-refractivity contribution in [1.82, 2.24) is 0 Å². The van der Waals surface area contributed by atoms with Crippen molar-refractivity contribution in [2.45, 2.75) is 6.54 Å². The van der Waals surface area contributed by atoms with Crippen LogP contribution in [0.15, 0.2) is 29.3 Å². The fourth-order valence-electron chi connectivity index (χ4n) is 0.935. The molecule has 0 aliphatic carbocycles. The first-order valence-electron chi connectivity index (χ1n) is 3.94. The van der Waals surface area contributed by atoms with Gasteiger partial charge in [-0.05, 0) is 17.7 Å². The van der Waals surface area contributed by atoms with E-state index >= 15 is 0 Å². The summed E-state index contributed by atoms with van der Waals surface area (Å²) in [6, 6.07) is 7.74. The Morgan fingerprint density at radius 3 is 2.69 bits per heavy atom. The normalized spacial score (nSPS) is 9.85. The van der Waals surface area contributed by atoms with E-state index in [-0.39, 0.29) is 0 Å². The Bertz CT molecular complexity index is 319. The number of aliphatic imine (C=N–C) groups is 1. The third-order valence-corrected chi connectivity index (χ3v) is 1.60. The van der Waals surface area contributed by atoms with Gasteiger partial charge in [-0.1, -0.05) is 18.1 Å². The van der Waals surface area contributed by atoms with Gasteiger partial charge in [0.15, 0.2) is 0 Å². The van der Waals surface area contributed by atoms with Gasteiger partial charge in [0.25, 0.3) is 0 Å². The molecule has 66 valence electrons. The second-order valence-electron chi connectivity index (χ2n) is 2.48. The molecule has 0 unspecified atom stereocenters. The van der Waals surface area contributed by atoms with Gasteiger partial charge in [-0.15, -0.1) is 6.42 Å². The number of rotatable bonds is 3. The van der Waals surface area contributed by atoms with Gasteiger partial charge >= 0.3 is 0 Å². The molecule has 0 saturated heterocycles. The Hall–Kier alpha value is -1.75. The maximum absolute atomic E-state index is 5.02. The van der Waals surface area contributed by atoms with E-state index in [1.165, 1.54) is 6.21 Å². The van der Waals surface area contributed by atoms with Crippen molar-refractivity contribution in [2.24, 2.45) is 4.99 Å². The van der Waals surface area contributed by atoms with Crippen LogP contribution in [0.3, 0.4) is 0 Å². The molecule has 0 atom stereocenters. The van der Waals surface area contributed by atoms with Gasteiger partial charge in [-0.25, -0.2) is 0 Å². The standard InChI is InChI=1S/C11H11NO/c1-3-8-12-9-10-4-6-11(13-2)7-5-10/h1,4-8H,9H2,2H3. The van der Waals surface area contributed by atoms with E-state index in [1.807, 2.05) is 24.3 Å². The predicted octanol–water partition coefficient (Wildman–Crippen LogP) is 1.90. The van der Waals surface area contributed by atoms with Crippen LogP contribution in [0.4, 0.5) is 0 Å². The van der Waals surface area contributed by atoms with E-state index in [0.717, 1.165) is 11.3 Å². The lowest BCUT2D eigenvalue weighted by Crippen LogP contribution is -1.84. The maximum Gasteiger partial charge on any atom is 0.118 e. The molecule has 2 nitrogen and oxygen atoms in total. The van der Waals surface area contributed by atoms with Crippen molar-refractivity contribution < 1.29 is 4.74 Å². The molecule has 0 aliphatic rings. The maximum atomic E-state index is 5.02. The molecular weight excluding hydrogens is 162 g/mol. The summed E-state index contributed by atoms with van der Waals surface area (Å²) in [4.78, 5) is 4.01. The molecule has 0 aromatic heterocycles. The number of methoxy groups -OCH3 is 1. The molecule has 1 aromatic rings. The molecule has 0 saturated carbocycles. The highest BCUT2D eigenvalue weighted by atomic mass is 16.5. The molecule has 0 aliphatic heterocycles. The zero-order chi connectivity index (χ0) is 9.52. The van der Waals surface area contributed by atoms with E-state index < -0.39 is 0 Å². The van der Waals surface area contributed by atoms with Crippen LogP contribution in [0.5, 0.6) is 5.75 Å². The summed E-state index contributed by atoms with van der Waals surface area (Å²) in [6.07, 6.45) is 6.48. The highest BCUT2D eigenvalue weighted by Gasteiger charge is 1.91. The van der Waals surface area contributed by atoms with E-state index in [1.54, 1.807) is 7.11 Å². The first-order valence-corrected chi connectivity index (χ1v) is 3.94. The van der Waals surface area contributed by atoms with Crippen LogP contribution in [0.1, 0.15) is 5.56 Å². The molecule has 13 heavy (non-hydrogen) atoms. The molecule has 0 heterocycles. The van der Waals surface area contributed by atoms with E-state index in [4.69, 9.17) is 11.2 Å². The summed E-state index contributed by atoms with van der Waals surface area (Å²) in [5.41, 5.74) is 1.12. The highest BCUT2D eigenvalue weighted by molar-refractivity contribution is 5.77. The lowest BCUT2D eigenvalue weighted by Gasteiger charge is -1.99. The summed E-state index contributed by atoms with van der Waals surface area (Å²) >= 11 is 0. The molecule has 0 spiro atoms. The number of nitrogens with zero attached hydrogens (tertiary/aromatic N) is 1. The quantitative estimate of drug-likeness (QED) is 0.505. The average molecular weight is 173 g/mol. The minimum atomic E-state index is 0.619. The van der Waals surface area contributed by atoms with Crippen LogP contribution in [-0.2, 0) is 6.54 Å². The Morgan fingerprint density at radius 1 is 1.46 bits per heavy atom. The summed E-state index contributed by atoms with van der Waals surface area (Å²) in [7, 11) is 1.64. The van der Waals surface area contributed by atoms with E-state index in [9.17, 15) is 0 Å². The Balaban J connectivity index is 2.60. The first-order chi connectivity index (χ1) is 6.36. The second-order valence-corrected chi connectivity index (χ2v) is 2.48. The lowest BCUT2D eigenvalue weighted by molar-refractivity contribution is 0.414. The van der Waals surface area contributed by atoms with E-state index in [0.29, 0.717) is 6.54 Å². The fourth-order valence-corrected chi connectivity index (χ4v) is 0.935. The van der Waals surface area contributed by atoms with Crippen molar-refractivity contribution in [3.63, 3.8) is 0 Å². The van der Waals surface area contributed by atoms with Crippen molar-refractivity contribution in [3.8, 4) is 18.1 Å². The van der Waals surface area contributed by atoms with Crippen LogP contribution in [0.25, 0.3) is 0 Å². The van der Waals surface area contributed by atoms with Crippen LogP contribution in [0, 0.1) is 12.3 Å². The number of hydrogen-bond acceptors (Lipinski definition) is 2. The van der Waals surface area contributed by atoms with Crippen LogP contribution >= 0.6 is 0 Å². The SMILES string of the molecule is C#CC=NCc1ccc(OC)cc1. The van der Waals surface area contributed by atoms with Crippen LogP contribution in [-0.4, -0.2) is 13.3 Å². The fraction of sp³-hybridized carbons (Fsp3) is 0.182. The summed E-state index contributed by atoms with van der Waals surface area (Å²) in [6.45, 7) is 0.619. The Labute approximate surface area is 78.3 Å². The summed E-state index contributed by atoms with van der Waals surface area (Å²) in [5.74, 6) is 3.20. The summed E-state index contributed by atoms with van der Waals surface area (Å²) < 4.78 is 5.02. The lowest BCUT2D eigenvalue weighted by atomic mass is 10.2. The molecular formula is C11H11NO. The Morgan fingerprint density at radius 2 is 2.15 bits per heavy atom. The van der Waals surface area contributed by atoms with Gasteiger partial charge in [0.05, 0.1) is 19.9 Å². The molecule has 1 rings (SSSR count). The van der Waals surface area contributed by atoms with Crippen LogP contribution in [0.2, 0.25) is 0 Å². The van der Waals surface area contributed by atoms with Gasteiger partial charge < -0.3 is 4.74 Å². The minimum absolute atomic E-state index is 0.619. The zero-order valence-corrected chi connectivity index (χ0v) is 7.53. The van der Waals surface area contributed by atoms with Gasteiger partial charge in [-0.3, -0.25) is 4.99 Å². The molecule has 0 bridgehead atoms. The third-order valence-electron chi connectivity index (χ3n) is 1.60. The molecule has 0 amide bonds. The Kier molecular flexibility index (Phi) is 3.59. The highest BCUT2D eigenvalue weighted by Crippen LogP contribution is 2.11. The van der Waals surface area contributed by atoms with Gasteiger partial charge in [0.2, 0.25) is 0 Å². The third kappa shape index (κ3) is 3.00. The zero-order valence-electron chi connectivity index (χ0n) is 7.53. The summed E-state index contributed by atoms with van der Waals surface area (Å²) in [5, 5.41) is 0. The van der Waals surface area contributed by atoms with Gasteiger partial charge in [-0.2, -0.15) is 0 Å². The monoisotopic (exact) mass is 173 g/mol. The van der Waals surface area contributed by atoms with Crippen molar-refractivity contribution in [3.05, 3.63) is 29.8 Å². The number of hydrogen-bond donors (Lipinski definition) is 0. The smallest absolute Gasteiger partial charge is 0.118 e. The number of terminal acetylenes is 1. The molecule has 0 fully saturated rings. The predicted molar refractivity (Wildman–Crippen MR) is 54.0 cm³/mol. The average Bonchev–Trinajstić information content (AvgIpc) is 2.19.